The fourth-order valence-electron chi connectivity index (χ4n) is 3.47. The Balaban J connectivity index is 2.06. The van der Waals surface area contributed by atoms with E-state index in [0.29, 0.717) is 17.4 Å². The van der Waals surface area contributed by atoms with Crippen molar-refractivity contribution >= 4 is 11.9 Å². The number of unbranched alkanes of at least 4 members (excludes halogenated alkanes) is 6. The van der Waals surface area contributed by atoms with Gasteiger partial charge in [0, 0.05) is 18.8 Å². The molecule has 0 radical (unpaired) electrons. The zero-order valence-corrected chi connectivity index (χ0v) is 17.9. The van der Waals surface area contributed by atoms with Crippen molar-refractivity contribution in [3.05, 3.63) is 35.9 Å². The largest absolute Gasteiger partial charge is 0.550 e. The van der Waals surface area contributed by atoms with E-state index >= 15 is 0 Å². The lowest BCUT2D eigenvalue weighted by Gasteiger charge is -2.30. The van der Waals surface area contributed by atoms with Gasteiger partial charge in [-0.1, -0.05) is 62.4 Å². The normalized spacial score (nSPS) is 12.5. The Bertz CT molecular complexity index is 567. The predicted octanol–water partition coefficient (Wildman–Crippen LogP) is 2.68. The molecule has 0 aliphatic carbocycles. The monoisotopic (exact) mass is 390 g/mol. The molecule has 1 unspecified atom stereocenters. The van der Waals surface area contributed by atoms with E-state index < -0.39 is 5.97 Å². The van der Waals surface area contributed by atoms with E-state index in [9.17, 15) is 14.7 Å². The Morgan fingerprint density at radius 2 is 1.50 bits per heavy atom. The zero-order chi connectivity index (χ0) is 20.8. The van der Waals surface area contributed by atoms with Gasteiger partial charge in [-0.25, -0.2) is 0 Å². The number of nitrogens with one attached hydrogen (secondary N) is 1. The molecule has 1 amide bonds. The van der Waals surface area contributed by atoms with Gasteiger partial charge in [0.1, 0.15) is 0 Å². The molecule has 1 aromatic carbocycles. The number of hydrogen-bond acceptors (Lipinski definition) is 3. The molecule has 5 nitrogen and oxygen atoms in total. The first-order valence-electron chi connectivity index (χ1n) is 10.6. The number of carbonyl (C=O) groups excluding carboxylic acids is 2. The highest BCUT2D eigenvalue weighted by molar-refractivity contribution is 5.77. The maximum absolute atomic E-state index is 12.1. The Morgan fingerprint density at radius 1 is 0.929 bits per heavy atom. The number of likely N-dealkylation sites (N-methyl/N-ethyl adjacent to an activating group) is 1. The zero-order valence-electron chi connectivity index (χ0n) is 17.9. The Labute approximate surface area is 170 Å². The molecule has 0 bridgehead atoms. The molecule has 0 aliphatic rings. The van der Waals surface area contributed by atoms with Crippen molar-refractivity contribution in [1.82, 2.24) is 5.32 Å². The summed E-state index contributed by atoms with van der Waals surface area (Å²) in [6.45, 7) is 0.572. The summed E-state index contributed by atoms with van der Waals surface area (Å²) in [5.41, 5.74) is 1.41. The van der Waals surface area contributed by atoms with Crippen LogP contribution in [0.4, 0.5) is 0 Å². The molecule has 1 N–H and O–H groups in total. The van der Waals surface area contributed by atoms with Crippen molar-refractivity contribution in [2.45, 2.75) is 70.3 Å². The van der Waals surface area contributed by atoms with Crippen molar-refractivity contribution in [3.8, 4) is 0 Å². The molecule has 0 fully saturated rings. The molecule has 0 heterocycles. The predicted molar refractivity (Wildman–Crippen MR) is 112 cm³/mol. The summed E-state index contributed by atoms with van der Waals surface area (Å²) in [5, 5.41) is 13.8. The number of amides is 1. The summed E-state index contributed by atoms with van der Waals surface area (Å²) in [6, 6.07) is 10.2. The third-order valence-corrected chi connectivity index (χ3v) is 4.76. The number of carboxylic acids is 1. The summed E-state index contributed by atoms with van der Waals surface area (Å²) in [6.07, 6.45) is 9.50. The van der Waals surface area contributed by atoms with Crippen LogP contribution in [-0.4, -0.2) is 50.1 Å². The topological polar surface area (TPSA) is 69.2 Å². The minimum absolute atomic E-state index is 0.0532. The van der Waals surface area contributed by atoms with E-state index in [0.717, 1.165) is 25.7 Å². The smallest absolute Gasteiger partial charge is 0.220 e. The fraction of sp³-hybridized carbons (Fsp3) is 0.652. The highest BCUT2D eigenvalue weighted by Crippen LogP contribution is 2.11. The van der Waals surface area contributed by atoms with E-state index in [1.807, 2.05) is 21.1 Å². The number of nitrogens with zero attached hydrogens (tertiary/aromatic N) is 1. The number of benzene rings is 1. The number of aryl methyl sites for hydroxylation is 1. The molecule has 0 spiro atoms. The summed E-state index contributed by atoms with van der Waals surface area (Å²) >= 11 is 0. The summed E-state index contributed by atoms with van der Waals surface area (Å²) in [5.74, 6) is -1.17. The minimum atomic E-state index is -1.12. The van der Waals surface area contributed by atoms with Gasteiger partial charge in [-0.15, -0.1) is 0 Å². The van der Waals surface area contributed by atoms with E-state index in [2.05, 4.69) is 35.6 Å². The van der Waals surface area contributed by atoms with Gasteiger partial charge in [-0.3, -0.25) is 4.79 Å². The van der Waals surface area contributed by atoms with Gasteiger partial charge >= 0.3 is 0 Å². The molecule has 0 aromatic heterocycles. The molecule has 1 rings (SSSR count). The first kappa shape index (κ1) is 24.2. The van der Waals surface area contributed by atoms with Crippen molar-refractivity contribution in [3.63, 3.8) is 0 Å². The minimum Gasteiger partial charge on any atom is -0.550 e. The van der Waals surface area contributed by atoms with Crippen LogP contribution in [-0.2, 0) is 16.0 Å². The Kier molecular flexibility index (Phi) is 11.5. The van der Waals surface area contributed by atoms with Crippen LogP contribution in [0.15, 0.2) is 30.3 Å². The number of quaternary nitrogens is 1. The lowest BCUT2D eigenvalue weighted by molar-refractivity contribution is -0.871. The van der Waals surface area contributed by atoms with Crippen LogP contribution in [0.2, 0.25) is 0 Å². The second kappa shape index (κ2) is 13.3. The van der Waals surface area contributed by atoms with E-state index in [1.54, 1.807) is 0 Å². The van der Waals surface area contributed by atoms with Crippen LogP contribution in [0.3, 0.4) is 0 Å². The molecule has 0 saturated carbocycles. The standard InChI is InChI=1S/C23H38N2O3/c1-25(2,3)19-21(18-23(27)28)24-22(26)17-13-8-6-4-5-7-10-14-20-15-11-9-12-16-20/h9,11-12,15-16,21H,4-8,10,13-14,17-19H2,1-3H3,(H-,24,26,27,28). The number of hydrogen-bond donors (Lipinski definition) is 1. The van der Waals surface area contributed by atoms with Crippen LogP contribution < -0.4 is 10.4 Å². The lowest BCUT2D eigenvalue weighted by atomic mass is 10.0. The maximum atomic E-state index is 12.1. The second-order valence-corrected chi connectivity index (χ2v) is 8.77. The van der Waals surface area contributed by atoms with E-state index in [1.165, 1.54) is 31.2 Å². The van der Waals surface area contributed by atoms with Crippen LogP contribution in [0.5, 0.6) is 0 Å². The molecule has 0 saturated heterocycles. The molecule has 28 heavy (non-hydrogen) atoms. The van der Waals surface area contributed by atoms with Crippen LogP contribution >= 0.6 is 0 Å². The summed E-state index contributed by atoms with van der Waals surface area (Å²) in [7, 11) is 5.94. The number of rotatable bonds is 15. The molecule has 5 heteroatoms. The van der Waals surface area contributed by atoms with Gasteiger partial charge in [0.25, 0.3) is 0 Å². The first-order chi connectivity index (χ1) is 13.3. The third-order valence-electron chi connectivity index (χ3n) is 4.76. The van der Waals surface area contributed by atoms with Crippen LogP contribution in [0, 0.1) is 0 Å². The molecule has 1 atom stereocenters. The van der Waals surface area contributed by atoms with Gasteiger partial charge in [0.15, 0.2) is 0 Å². The van der Waals surface area contributed by atoms with Gasteiger partial charge < -0.3 is 19.7 Å². The third kappa shape index (κ3) is 13.3. The molecular formula is C23H38N2O3. The number of aliphatic carboxylic acids is 1. The maximum Gasteiger partial charge on any atom is 0.220 e. The Morgan fingerprint density at radius 3 is 2.07 bits per heavy atom. The Hall–Kier alpha value is -1.88. The van der Waals surface area contributed by atoms with Crippen LogP contribution in [0.25, 0.3) is 0 Å². The van der Waals surface area contributed by atoms with Crippen molar-refractivity contribution in [1.29, 1.82) is 0 Å². The quantitative estimate of drug-likeness (QED) is 0.370. The van der Waals surface area contributed by atoms with Crippen LogP contribution in [0.1, 0.15) is 63.4 Å². The lowest BCUT2D eigenvalue weighted by Crippen LogP contribution is -2.50. The molecule has 1 aromatic rings. The van der Waals surface area contributed by atoms with E-state index in [4.69, 9.17) is 0 Å². The highest BCUT2D eigenvalue weighted by Gasteiger charge is 2.20. The van der Waals surface area contributed by atoms with Crippen molar-refractivity contribution in [2.75, 3.05) is 27.7 Å². The number of carbonyl (C=O) groups is 2. The van der Waals surface area contributed by atoms with Crippen molar-refractivity contribution < 1.29 is 19.2 Å². The van der Waals surface area contributed by atoms with Gasteiger partial charge in [-0.05, 0) is 24.8 Å². The van der Waals surface area contributed by atoms with Crippen molar-refractivity contribution in [2.24, 2.45) is 0 Å². The molecular weight excluding hydrogens is 352 g/mol. The highest BCUT2D eigenvalue weighted by atomic mass is 16.4. The first-order valence-corrected chi connectivity index (χ1v) is 10.6. The SMILES string of the molecule is C[N+](C)(C)CC(CC(=O)[O-])NC(=O)CCCCCCCCCc1ccccc1. The van der Waals surface area contributed by atoms with E-state index in [-0.39, 0.29) is 18.4 Å². The molecule has 0 aliphatic heterocycles. The van der Waals surface area contributed by atoms with Gasteiger partial charge in [0.05, 0.1) is 33.7 Å². The number of carboxylic acid groups (broad SMARTS) is 1. The fourth-order valence-corrected chi connectivity index (χ4v) is 3.47. The molecule has 158 valence electrons. The summed E-state index contributed by atoms with van der Waals surface area (Å²) < 4.78 is 0.600. The van der Waals surface area contributed by atoms with Gasteiger partial charge in [-0.2, -0.15) is 0 Å². The second-order valence-electron chi connectivity index (χ2n) is 8.77. The van der Waals surface area contributed by atoms with Gasteiger partial charge in [0.2, 0.25) is 5.91 Å². The summed E-state index contributed by atoms with van der Waals surface area (Å²) in [4.78, 5) is 23.0. The average Bonchev–Trinajstić information content (AvgIpc) is 2.59. The average molecular weight is 391 g/mol.